The number of amides is 2. The molecular weight excluding hydrogens is 284 g/mol. The molecule has 0 aliphatic rings. The molecule has 0 saturated carbocycles. The number of urea groups is 1. The van der Waals surface area contributed by atoms with Crippen molar-refractivity contribution in [1.82, 2.24) is 9.78 Å². The van der Waals surface area contributed by atoms with Crippen LogP contribution in [0.5, 0.6) is 0 Å². The quantitative estimate of drug-likeness (QED) is 0.770. The third-order valence-corrected chi connectivity index (χ3v) is 3.54. The molecule has 1 aromatic carbocycles. The van der Waals surface area contributed by atoms with Crippen molar-refractivity contribution in [3.63, 3.8) is 0 Å². The van der Waals surface area contributed by atoms with E-state index < -0.39 is 0 Å². The highest BCUT2D eigenvalue weighted by Gasteiger charge is 2.10. The topological polar surface area (TPSA) is 59.0 Å². The van der Waals surface area contributed by atoms with Crippen LogP contribution in [0.1, 0.15) is 5.69 Å². The predicted octanol–water partition coefficient (Wildman–Crippen LogP) is 3.89. The maximum Gasteiger partial charge on any atom is 0.324 e. The van der Waals surface area contributed by atoms with Gasteiger partial charge < -0.3 is 5.32 Å². The number of benzene rings is 1. The van der Waals surface area contributed by atoms with Crippen LogP contribution in [-0.2, 0) is 0 Å². The Kier molecular flexibility index (Phi) is 3.70. The Morgan fingerprint density at radius 2 is 2.00 bits per heavy atom. The predicted molar refractivity (Wildman–Crippen MR) is 85.3 cm³/mol. The molecule has 0 bridgehead atoms. The third-order valence-electron chi connectivity index (χ3n) is 2.85. The molecular formula is C15H14N4OS. The lowest BCUT2D eigenvalue weighted by Crippen LogP contribution is -2.21. The van der Waals surface area contributed by atoms with Crippen molar-refractivity contribution in [2.45, 2.75) is 6.92 Å². The summed E-state index contributed by atoms with van der Waals surface area (Å²) in [6, 6.07) is 13.1. The molecule has 0 saturated heterocycles. The number of aromatic nitrogens is 2. The molecule has 0 spiro atoms. The zero-order chi connectivity index (χ0) is 14.7. The van der Waals surface area contributed by atoms with E-state index in [1.807, 2.05) is 60.1 Å². The third kappa shape index (κ3) is 3.11. The first-order chi connectivity index (χ1) is 10.2. The Hall–Kier alpha value is -2.60. The molecule has 0 aliphatic heterocycles. The van der Waals surface area contributed by atoms with Gasteiger partial charge in [-0.1, -0.05) is 18.2 Å². The van der Waals surface area contributed by atoms with E-state index in [1.165, 1.54) is 11.3 Å². The smallest absolute Gasteiger partial charge is 0.307 e. The van der Waals surface area contributed by atoms with Crippen LogP contribution in [0.15, 0.2) is 53.2 Å². The molecule has 2 aromatic heterocycles. The molecule has 0 aliphatic carbocycles. The van der Waals surface area contributed by atoms with Gasteiger partial charge in [0.1, 0.15) is 5.82 Å². The fourth-order valence-corrected chi connectivity index (χ4v) is 2.56. The van der Waals surface area contributed by atoms with Crippen LogP contribution in [0.3, 0.4) is 0 Å². The zero-order valence-corrected chi connectivity index (χ0v) is 12.2. The van der Waals surface area contributed by atoms with E-state index in [4.69, 9.17) is 0 Å². The number of hydrogen-bond donors (Lipinski definition) is 2. The van der Waals surface area contributed by atoms with Crippen LogP contribution in [0.2, 0.25) is 0 Å². The summed E-state index contributed by atoms with van der Waals surface area (Å²) in [7, 11) is 0. The second-order valence-corrected chi connectivity index (χ2v) is 5.29. The highest BCUT2D eigenvalue weighted by molar-refractivity contribution is 7.08. The van der Waals surface area contributed by atoms with Gasteiger partial charge in [-0.05, 0) is 30.5 Å². The normalized spacial score (nSPS) is 10.3. The van der Waals surface area contributed by atoms with Crippen molar-refractivity contribution < 1.29 is 4.79 Å². The number of rotatable bonds is 3. The highest BCUT2D eigenvalue weighted by Crippen LogP contribution is 2.18. The number of anilines is 2. The number of carbonyl (C=O) groups is 1. The average Bonchev–Trinajstić information content (AvgIpc) is 3.09. The average molecular weight is 298 g/mol. The molecule has 0 unspecified atom stereocenters. The summed E-state index contributed by atoms with van der Waals surface area (Å²) in [6.07, 6.45) is 0. The number of aryl methyl sites for hydroxylation is 1. The molecule has 3 rings (SSSR count). The van der Waals surface area contributed by atoms with Gasteiger partial charge in [-0.2, -0.15) is 16.4 Å². The first kappa shape index (κ1) is 13.4. The van der Waals surface area contributed by atoms with Gasteiger partial charge in [0.05, 0.1) is 17.1 Å². The van der Waals surface area contributed by atoms with Gasteiger partial charge >= 0.3 is 6.03 Å². The lowest BCUT2D eigenvalue weighted by Gasteiger charge is -2.09. The summed E-state index contributed by atoms with van der Waals surface area (Å²) in [5.74, 6) is 0.631. The maximum atomic E-state index is 12.0. The van der Waals surface area contributed by atoms with Crippen LogP contribution in [0.25, 0.3) is 5.69 Å². The first-order valence-corrected chi connectivity index (χ1v) is 7.39. The fourth-order valence-electron chi connectivity index (χ4n) is 1.97. The van der Waals surface area contributed by atoms with E-state index in [9.17, 15) is 4.79 Å². The zero-order valence-electron chi connectivity index (χ0n) is 11.4. The minimum Gasteiger partial charge on any atom is -0.307 e. The number of hydrogen-bond acceptors (Lipinski definition) is 3. The number of nitrogens with zero attached hydrogens (tertiary/aromatic N) is 2. The SMILES string of the molecule is Cc1cc(NC(=O)Nc2ccsc2)n(-c2ccccc2)n1. The van der Waals surface area contributed by atoms with Gasteiger partial charge in [0.2, 0.25) is 0 Å². The molecule has 106 valence electrons. The molecule has 0 radical (unpaired) electrons. The van der Waals surface area contributed by atoms with Gasteiger partial charge in [0, 0.05) is 11.4 Å². The van der Waals surface area contributed by atoms with E-state index in [1.54, 1.807) is 4.68 Å². The lowest BCUT2D eigenvalue weighted by atomic mass is 10.3. The van der Waals surface area contributed by atoms with Gasteiger partial charge in [-0.25, -0.2) is 9.48 Å². The van der Waals surface area contributed by atoms with Crippen molar-refractivity contribution in [2.75, 3.05) is 10.6 Å². The number of para-hydroxylation sites is 1. The summed E-state index contributed by atoms with van der Waals surface area (Å²) >= 11 is 1.53. The van der Waals surface area contributed by atoms with Crippen molar-refractivity contribution in [3.8, 4) is 5.69 Å². The molecule has 0 atom stereocenters. The van der Waals surface area contributed by atoms with E-state index in [2.05, 4.69) is 15.7 Å². The Morgan fingerprint density at radius 1 is 1.19 bits per heavy atom. The Bertz CT molecular complexity index is 734. The molecule has 21 heavy (non-hydrogen) atoms. The number of thiophene rings is 1. The molecule has 0 fully saturated rings. The molecule has 2 heterocycles. The van der Waals surface area contributed by atoms with Gasteiger partial charge in [-0.3, -0.25) is 5.32 Å². The Labute approximate surface area is 126 Å². The van der Waals surface area contributed by atoms with E-state index in [-0.39, 0.29) is 6.03 Å². The van der Waals surface area contributed by atoms with Crippen LogP contribution < -0.4 is 10.6 Å². The number of carbonyl (C=O) groups excluding carboxylic acids is 1. The van der Waals surface area contributed by atoms with Crippen molar-refractivity contribution >= 4 is 28.9 Å². The number of nitrogens with one attached hydrogen (secondary N) is 2. The van der Waals surface area contributed by atoms with Gasteiger partial charge in [-0.15, -0.1) is 0 Å². The van der Waals surface area contributed by atoms with Crippen molar-refractivity contribution in [2.24, 2.45) is 0 Å². The highest BCUT2D eigenvalue weighted by atomic mass is 32.1. The minimum atomic E-state index is -0.287. The van der Waals surface area contributed by atoms with Crippen LogP contribution in [-0.4, -0.2) is 15.8 Å². The van der Waals surface area contributed by atoms with Crippen LogP contribution >= 0.6 is 11.3 Å². The van der Waals surface area contributed by atoms with Crippen LogP contribution in [0, 0.1) is 6.92 Å². The largest absolute Gasteiger partial charge is 0.324 e. The summed E-state index contributed by atoms with van der Waals surface area (Å²) in [5.41, 5.74) is 2.51. The molecule has 2 amide bonds. The molecule has 5 nitrogen and oxygen atoms in total. The van der Waals surface area contributed by atoms with Gasteiger partial charge in [0.15, 0.2) is 0 Å². The Balaban J connectivity index is 1.81. The lowest BCUT2D eigenvalue weighted by molar-refractivity contribution is 0.262. The first-order valence-electron chi connectivity index (χ1n) is 6.45. The molecule has 3 aromatic rings. The van der Waals surface area contributed by atoms with E-state index in [0.717, 1.165) is 17.1 Å². The second-order valence-electron chi connectivity index (χ2n) is 4.51. The standard InChI is InChI=1S/C15H14N4OS/c1-11-9-14(17-15(20)16-12-7-8-21-10-12)19(18-11)13-5-3-2-4-6-13/h2-10H,1H3,(H2,16,17,20). The van der Waals surface area contributed by atoms with Crippen molar-refractivity contribution in [3.05, 3.63) is 58.9 Å². The van der Waals surface area contributed by atoms with Crippen molar-refractivity contribution in [1.29, 1.82) is 0 Å². The Morgan fingerprint density at radius 3 is 2.71 bits per heavy atom. The van der Waals surface area contributed by atoms with E-state index in [0.29, 0.717) is 5.82 Å². The van der Waals surface area contributed by atoms with Gasteiger partial charge in [0.25, 0.3) is 0 Å². The monoisotopic (exact) mass is 298 g/mol. The van der Waals surface area contributed by atoms with Crippen LogP contribution in [0.4, 0.5) is 16.3 Å². The van der Waals surface area contributed by atoms with E-state index >= 15 is 0 Å². The summed E-state index contributed by atoms with van der Waals surface area (Å²) in [4.78, 5) is 12.0. The molecule has 2 N–H and O–H groups in total. The summed E-state index contributed by atoms with van der Waals surface area (Å²) in [6.45, 7) is 1.89. The summed E-state index contributed by atoms with van der Waals surface area (Å²) < 4.78 is 1.71. The fraction of sp³-hybridized carbons (Fsp3) is 0.0667. The summed E-state index contributed by atoms with van der Waals surface area (Å²) in [5, 5.41) is 13.8. The second kappa shape index (κ2) is 5.80. The minimum absolute atomic E-state index is 0.287. The maximum absolute atomic E-state index is 12.0. The molecule has 6 heteroatoms.